The fourth-order valence-electron chi connectivity index (χ4n) is 2.47. The lowest BCUT2D eigenvalue weighted by Gasteiger charge is -2.26. The van der Waals surface area contributed by atoms with Crippen molar-refractivity contribution in [3.8, 4) is 0 Å². The van der Waals surface area contributed by atoms with Crippen LogP contribution in [0.2, 0.25) is 0 Å². The van der Waals surface area contributed by atoms with Gasteiger partial charge >= 0.3 is 5.97 Å². The summed E-state index contributed by atoms with van der Waals surface area (Å²) in [7, 11) is 1.28. The van der Waals surface area contributed by atoms with E-state index in [1.54, 1.807) is 0 Å². The Labute approximate surface area is 95.1 Å². The number of rotatable bonds is 4. The molecule has 5 heteroatoms. The third-order valence-corrected chi connectivity index (χ3v) is 3.44. The molecule has 92 valence electrons. The van der Waals surface area contributed by atoms with Crippen molar-refractivity contribution in [2.24, 2.45) is 0 Å². The van der Waals surface area contributed by atoms with E-state index in [0.29, 0.717) is 6.10 Å². The van der Waals surface area contributed by atoms with Gasteiger partial charge in [-0.25, -0.2) is 4.79 Å². The minimum Gasteiger partial charge on any atom is -0.467 e. The predicted molar refractivity (Wildman–Crippen MR) is 56.9 cm³/mol. The van der Waals surface area contributed by atoms with Crippen molar-refractivity contribution < 1.29 is 19.4 Å². The first-order chi connectivity index (χ1) is 7.53. The number of hydrogen-bond acceptors (Lipinski definition) is 5. The van der Waals surface area contributed by atoms with Crippen LogP contribution in [-0.2, 0) is 14.3 Å². The number of nitrogens with one attached hydrogen (secondary N) is 1. The molecule has 0 aliphatic carbocycles. The van der Waals surface area contributed by atoms with Crippen LogP contribution >= 0.6 is 0 Å². The summed E-state index contributed by atoms with van der Waals surface area (Å²) in [5.41, 5.74) is -1.46. The fourth-order valence-corrected chi connectivity index (χ4v) is 2.47. The Morgan fingerprint density at radius 3 is 2.88 bits per heavy atom. The summed E-state index contributed by atoms with van der Waals surface area (Å²) in [6.07, 6.45) is 3.80. The van der Waals surface area contributed by atoms with Crippen LogP contribution in [0.3, 0.4) is 0 Å². The molecule has 0 aromatic heterocycles. The van der Waals surface area contributed by atoms with Crippen molar-refractivity contribution in [2.45, 2.75) is 50.0 Å². The molecule has 0 aromatic rings. The van der Waals surface area contributed by atoms with E-state index in [4.69, 9.17) is 4.74 Å². The number of hydrogen-bond donors (Lipinski definition) is 2. The molecule has 0 radical (unpaired) electrons. The van der Waals surface area contributed by atoms with Crippen molar-refractivity contribution in [1.82, 2.24) is 5.32 Å². The molecule has 16 heavy (non-hydrogen) atoms. The highest BCUT2D eigenvalue weighted by Gasteiger charge is 2.42. The van der Waals surface area contributed by atoms with Crippen molar-refractivity contribution in [3.05, 3.63) is 0 Å². The molecule has 2 fully saturated rings. The van der Waals surface area contributed by atoms with E-state index in [1.165, 1.54) is 14.0 Å². The molecule has 2 N–H and O–H groups in total. The number of esters is 1. The van der Waals surface area contributed by atoms with Crippen LogP contribution in [0.25, 0.3) is 0 Å². The van der Waals surface area contributed by atoms with Gasteiger partial charge in [0.2, 0.25) is 0 Å². The standard InChI is InChI=1S/C11H19NO4/c1-11(14,10(13)15-2)6-12-8-5-7-3-4-9(8)16-7/h7-9,12,14H,3-6H2,1-2H3. The molecule has 4 unspecified atom stereocenters. The maximum Gasteiger partial charge on any atom is 0.338 e. The first-order valence-corrected chi connectivity index (χ1v) is 5.72. The molecule has 2 heterocycles. The number of fused-ring (bicyclic) bond motifs is 2. The third kappa shape index (κ3) is 2.21. The summed E-state index contributed by atoms with van der Waals surface area (Å²) in [4.78, 5) is 11.3. The van der Waals surface area contributed by atoms with Crippen LogP contribution in [0.15, 0.2) is 0 Å². The second kappa shape index (κ2) is 4.31. The average Bonchev–Trinajstić information content (AvgIpc) is 2.86. The van der Waals surface area contributed by atoms with Gasteiger partial charge in [-0.2, -0.15) is 0 Å². The highest BCUT2D eigenvalue weighted by molar-refractivity contribution is 5.78. The van der Waals surface area contributed by atoms with Crippen LogP contribution in [0.5, 0.6) is 0 Å². The third-order valence-electron chi connectivity index (χ3n) is 3.44. The van der Waals surface area contributed by atoms with E-state index in [1.807, 2.05) is 0 Å². The van der Waals surface area contributed by atoms with Gasteiger partial charge in [0.1, 0.15) is 0 Å². The average molecular weight is 229 g/mol. The molecule has 2 aliphatic heterocycles. The monoisotopic (exact) mass is 229 g/mol. The second-order valence-electron chi connectivity index (χ2n) is 4.86. The van der Waals surface area contributed by atoms with E-state index in [9.17, 15) is 9.90 Å². The molecule has 2 bridgehead atoms. The maximum atomic E-state index is 11.3. The normalized spacial score (nSPS) is 36.1. The van der Waals surface area contributed by atoms with Gasteiger partial charge in [0, 0.05) is 12.6 Å². The molecule has 0 amide bonds. The Kier molecular flexibility index (Phi) is 3.19. The Morgan fingerprint density at radius 2 is 2.38 bits per heavy atom. The Bertz CT molecular complexity index is 279. The lowest BCUT2D eigenvalue weighted by molar-refractivity contribution is -0.160. The molecule has 0 aromatic carbocycles. The zero-order chi connectivity index (χ0) is 11.8. The highest BCUT2D eigenvalue weighted by atomic mass is 16.5. The van der Waals surface area contributed by atoms with E-state index in [2.05, 4.69) is 10.1 Å². The van der Waals surface area contributed by atoms with E-state index in [-0.39, 0.29) is 18.7 Å². The van der Waals surface area contributed by atoms with Gasteiger partial charge in [-0.1, -0.05) is 0 Å². The summed E-state index contributed by atoms with van der Waals surface area (Å²) in [6, 6.07) is 0.259. The SMILES string of the molecule is COC(=O)C(C)(O)CNC1CC2CCC1O2. The zero-order valence-corrected chi connectivity index (χ0v) is 9.73. The van der Waals surface area contributed by atoms with Crippen LogP contribution in [0.1, 0.15) is 26.2 Å². The predicted octanol–water partition coefficient (Wildman–Crippen LogP) is -0.180. The molecule has 2 aliphatic rings. The first-order valence-electron chi connectivity index (χ1n) is 5.72. The van der Waals surface area contributed by atoms with Crippen molar-refractivity contribution in [3.63, 3.8) is 0 Å². The summed E-state index contributed by atoms with van der Waals surface area (Å²) in [5.74, 6) is -0.607. The molecule has 0 spiro atoms. The van der Waals surface area contributed by atoms with Crippen molar-refractivity contribution in [2.75, 3.05) is 13.7 Å². The van der Waals surface area contributed by atoms with E-state index >= 15 is 0 Å². The summed E-state index contributed by atoms with van der Waals surface area (Å²) in [6.45, 7) is 1.66. The van der Waals surface area contributed by atoms with Gasteiger partial charge in [0.25, 0.3) is 0 Å². The lowest BCUT2D eigenvalue weighted by Crippen LogP contribution is -2.50. The minimum absolute atomic E-state index is 0.205. The summed E-state index contributed by atoms with van der Waals surface area (Å²) < 4.78 is 10.2. The molecule has 2 rings (SSSR count). The summed E-state index contributed by atoms with van der Waals surface area (Å²) in [5, 5.41) is 13.0. The molecule has 5 nitrogen and oxygen atoms in total. The maximum absolute atomic E-state index is 11.3. The molecule has 4 atom stereocenters. The minimum atomic E-state index is -1.46. The largest absolute Gasteiger partial charge is 0.467 e. The number of carbonyl (C=O) groups excluding carboxylic acids is 1. The molecule has 2 saturated heterocycles. The van der Waals surface area contributed by atoms with Gasteiger partial charge in [-0.3, -0.25) is 0 Å². The van der Waals surface area contributed by atoms with Gasteiger partial charge in [-0.05, 0) is 26.2 Å². The van der Waals surface area contributed by atoms with Crippen molar-refractivity contribution in [1.29, 1.82) is 0 Å². The zero-order valence-electron chi connectivity index (χ0n) is 9.73. The highest BCUT2D eigenvalue weighted by Crippen LogP contribution is 2.34. The first kappa shape index (κ1) is 11.8. The van der Waals surface area contributed by atoms with Gasteiger partial charge in [0.15, 0.2) is 5.60 Å². The number of ether oxygens (including phenoxy) is 2. The lowest BCUT2D eigenvalue weighted by atomic mass is 9.95. The number of aliphatic hydroxyl groups is 1. The van der Waals surface area contributed by atoms with Crippen LogP contribution in [0.4, 0.5) is 0 Å². The second-order valence-corrected chi connectivity index (χ2v) is 4.86. The fraction of sp³-hybridized carbons (Fsp3) is 0.909. The topological polar surface area (TPSA) is 67.8 Å². The molecular weight excluding hydrogens is 210 g/mol. The Hall–Kier alpha value is -0.650. The van der Waals surface area contributed by atoms with E-state index < -0.39 is 11.6 Å². The quantitative estimate of drug-likeness (QED) is 0.655. The molecule has 0 saturated carbocycles. The summed E-state index contributed by atoms with van der Waals surface area (Å²) >= 11 is 0. The molecular formula is C11H19NO4. The van der Waals surface area contributed by atoms with Crippen LogP contribution in [0, 0.1) is 0 Å². The van der Waals surface area contributed by atoms with Gasteiger partial charge < -0.3 is 19.9 Å². The van der Waals surface area contributed by atoms with Crippen LogP contribution < -0.4 is 5.32 Å². The van der Waals surface area contributed by atoms with E-state index in [0.717, 1.165) is 19.3 Å². The van der Waals surface area contributed by atoms with Gasteiger partial charge in [-0.15, -0.1) is 0 Å². The van der Waals surface area contributed by atoms with Crippen molar-refractivity contribution >= 4 is 5.97 Å². The smallest absolute Gasteiger partial charge is 0.338 e. The Balaban J connectivity index is 1.81. The Morgan fingerprint density at radius 1 is 1.62 bits per heavy atom. The van der Waals surface area contributed by atoms with Gasteiger partial charge in [0.05, 0.1) is 19.3 Å². The number of carbonyl (C=O) groups is 1. The van der Waals surface area contributed by atoms with Crippen LogP contribution in [-0.4, -0.2) is 48.6 Å². The number of methoxy groups -OCH3 is 1.